The number of nitrogens with zero attached hydrogens (tertiary/aromatic N) is 1. The summed E-state index contributed by atoms with van der Waals surface area (Å²) in [5.41, 5.74) is 5.47. The van der Waals surface area contributed by atoms with Crippen molar-refractivity contribution in [2.24, 2.45) is 0 Å². The maximum absolute atomic E-state index is 12.4. The van der Waals surface area contributed by atoms with Gasteiger partial charge in [-0.2, -0.15) is 4.89 Å². The highest BCUT2D eigenvalue weighted by Gasteiger charge is 2.26. The lowest BCUT2D eigenvalue weighted by Crippen LogP contribution is -2.39. The molecule has 0 unspecified atom stereocenters. The molecule has 0 aliphatic heterocycles. The van der Waals surface area contributed by atoms with Gasteiger partial charge in [0.2, 0.25) is 0 Å². The smallest absolute Gasteiger partial charge is 0.297 e. The highest BCUT2D eigenvalue weighted by Crippen LogP contribution is 2.30. The lowest BCUT2D eigenvalue weighted by atomic mass is 9.85. The van der Waals surface area contributed by atoms with Crippen molar-refractivity contribution in [2.75, 3.05) is 13.6 Å². The van der Waals surface area contributed by atoms with Crippen LogP contribution in [0, 0.1) is 6.92 Å². The van der Waals surface area contributed by atoms with Crippen LogP contribution in [0.25, 0.3) is 6.08 Å². The summed E-state index contributed by atoms with van der Waals surface area (Å²) >= 11 is 0. The molecule has 0 aromatic heterocycles. The minimum Gasteiger partial charge on any atom is -0.297 e. The summed E-state index contributed by atoms with van der Waals surface area (Å²) in [7, 11) is 1.93. The predicted molar refractivity (Wildman–Crippen MR) is 129 cm³/mol. The van der Waals surface area contributed by atoms with E-state index >= 15 is 0 Å². The van der Waals surface area contributed by atoms with Crippen molar-refractivity contribution < 1.29 is 14.6 Å². The average molecular weight is 430 g/mol. The fraction of sp³-hybridized carbons (Fsp3) is 0.250. The first-order chi connectivity index (χ1) is 15.5. The first-order valence-electron chi connectivity index (χ1n) is 10.8. The second-order valence-electron chi connectivity index (χ2n) is 8.13. The fourth-order valence-electron chi connectivity index (χ4n) is 3.96. The van der Waals surface area contributed by atoms with E-state index in [9.17, 15) is 4.79 Å². The molecule has 0 heterocycles. The number of rotatable bonds is 10. The van der Waals surface area contributed by atoms with Crippen LogP contribution in [0.4, 0.5) is 0 Å². The van der Waals surface area contributed by atoms with Gasteiger partial charge in [0, 0.05) is 12.0 Å². The van der Waals surface area contributed by atoms with Crippen LogP contribution in [-0.2, 0) is 21.2 Å². The Bertz CT molecular complexity index is 978. The third kappa shape index (κ3) is 6.39. The van der Waals surface area contributed by atoms with Crippen LogP contribution in [0.3, 0.4) is 0 Å². The zero-order valence-corrected chi connectivity index (χ0v) is 19.0. The first kappa shape index (κ1) is 23.5. The minimum atomic E-state index is -0.421. The molecule has 3 aromatic carbocycles. The normalized spacial score (nSPS) is 12.0. The summed E-state index contributed by atoms with van der Waals surface area (Å²) in [5.74, 6) is -0.295. The summed E-state index contributed by atoms with van der Waals surface area (Å²) in [4.78, 5) is 24.7. The Morgan fingerprint density at radius 3 is 2.16 bits per heavy atom. The van der Waals surface area contributed by atoms with E-state index in [-0.39, 0.29) is 25.1 Å². The van der Waals surface area contributed by atoms with Crippen molar-refractivity contribution >= 4 is 12.0 Å². The summed E-state index contributed by atoms with van der Waals surface area (Å²) in [5, 5.41) is 0. The number of carbonyl (C=O) groups excluding carboxylic acids is 1. The Labute approximate surface area is 191 Å². The van der Waals surface area contributed by atoms with Gasteiger partial charge in [-0.3, -0.25) is 9.79 Å². The van der Waals surface area contributed by atoms with E-state index in [2.05, 4.69) is 37.8 Å². The van der Waals surface area contributed by atoms with E-state index in [0.717, 1.165) is 16.7 Å². The van der Waals surface area contributed by atoms with Crippen LogP contribution in [-0.4, -0.2) is 30.5 Å². The highest BCUT2D eigenvalue weighted by molar-refractivity contribution is 5.71. The Morgan fingerprint density at radius 1 is 1.00 bits per heavy atom. The van der Waals surface area contributed by atoms with E-state index < -0.39 is 5.97 Å². The van der Waals surface area contributed by atoms with Gasteiger partial charge < -0.3 is 0 Å². The zero-order chi connectivity index (χ0) is 22.9. The number of benzene rings is 3. The molecule has 1 atom stereocenters. The minimum absolute atomic E-state index is 0.0688. The maximum Gasteiger partial charge on any atom is 0.356 e. The second kappa shape index (κ2) is 11.4. The van der Waals surface area contributed by atoms with Crippen molar-refractivity contribution in [2.45, 2.75) is 32.4 Å². The molecular formula is C28H31NO3. The van der Waals surface area contributed by atoms with Gasteiger partial charge in [-0.1, -0.05) is 91.0 Å². The molecule has 0 bridgehead atoms. The van der Waals surface area contributed by atoms with Gasteiger partial charge in [-0.25, -0.2) is 4.79 Å². The molecule has 0 amide bonds. The summed E-state index contributed by atoms with van der Waals surface area (Å²) in [6.07, 6.45) is 1.79. The average Bonchev–Trinajstić information content (AvgIpc) is 2.80. The van der Waals surface area contributed by atoms with Crippen LogP contribution in [0.1, 0.15) is 40.7 Å². The molecule has 4 heteroatoms. The third-order valence-corrected chi connectivity index (χ3v) is 5.65. The van der Waals surface area contributed by atoms with E-state index in [1.54, 1.807) is 6.08 Å². The molecular weight excluding hydrogens is 398 g/mol. The zero-order valence-electron chi connectivity index (χ0n) is 19.0. The van der Waals surface area contributed by atoms with Crippen molar-refractivity contribution in [1.82, 2.24) is 4.90 Å². The number of carbonyl (C=O) groups is 1. The molecule has 0 radical (unpaired) electrons. The maximum atomic E-state index is 12.4. The van der Waals surface area contributed by atoms with Crippen molar-refractivity contribution in [3.8, 4) is 0 Å². The van der Waals surface area contributed by atoms with Crippen molar-refractivity contribution in [1.29, 1.82) is 0 Å². The van der Waals surface area contributed by atoms with E-state index in [1.807, 2.05) is 73.5 Å². The topological polar surface area (TPSA) is 38.8 Å². The standard InChI is InChI=1S/C28H31NO3/c1-5-23-16-21(2)17-24(18-23)20-31-32-27(30)19-29(4)22(3)28(25-12-8-6-9-13-25)26-14-10-7-11-15-26/h5-18,22,28H,1,19-20H2,2-4H3/t22-/m0/s1. The lowest BCUT2D eigenvalue weighted by molar-refractivity contribution is -0.280. The molecule has 0 aliphatic rings. The molecule has 0 aliphatic carbocycles. The van der Waals surface area contributed by atoms with Gasteiger partial charge in [-0.15, -0.1) is 0 Å². The van der Waals surface area contributed by atoms with E-state index in [0.29, 0.717) is 0 Å². The van der Waals surface area contributed by atoms with Crippen LogP contribution < -0.4 is 0 Å². The Hall–Kier alpha value is -3.21. The van der Waals surface area contributed by atoms with E-state index in [4.69, 9.17) is 9.78 Å². The fourth-order valence-corrected chi connectivity index (χ4v) is 3.96. The number of hydrogen-bond acceptors (Lipinski definition) is 4. The first-order valence-corrected chi connectivity index (χ1v) is 10.8. The van der Waals surface area contributed by atoms with Crippen molar-refractivity contribution in [3.63, 3.8) is 0 Å². The summed E-state index contributed by atoms with van der Waals surface area (Å²) in [6, 6.07) is 26.8. The Balaban J connectivity index is 1.60. The summed E-state index contributed by atoms with van der Waals surface area (Å²) in [6.45, 7) is 8.26. The molecule has 0 fully saturated rings. The van der Waals surface area contributed by atoms with Crippen LogP contribution in [0.5, 0.6) is 0 Å². The lowest BCUT2D eigenvalue weighted by Gasteiger charge is -2.32. The molecule has 0 spiro atoms. The molecule has 0 N–H and O–H groups in total. The predicted octanol–water partition coefficient (Wildman–Crippen LogP) is 5.77. The molecule has 0 saturated heterocycles. The Kier molecular flexibility index (Phi) is 8.37. The Morgan fingerprint density at radius 2 is 1.59 bits per heavy atom. The van der Waals surface area contributed by atoms with Gasteiger partial charge in [-0.05, 0) is 49.2 Å². The quantitative estimate of drug-likeness (QED) is 0.303. The monoisotopic (exact) mass is 429 g/mol. The number of hydrogen-bond donors (Lipinski definition) is 0. The van der Waals surface area contributed by atoms with Gasteiger partial charge in [0.15, 0.2) is 0 Å². The molecule has 4 nitrogen and oxygen atoms in total. The SMILES string of the molecule is C=Cc1cc(C)cc(COOC(=O)CN(C)[C@@H](C)C(c2ccccc2)c2ccccc2)c1. The van der Waals surface area contributed by atoms with Crippen LogP contribution in [0.2, 0.25) is 0 Å². The summed E-state index contributed by atoms with van der Waals surface area (Å²) < 4.78 is 0. The van der Waals surface area contributed by atoms with Crippen LogP contribution >= 0.6 is 0 Å². The van der Waals surface area contributed by atoms with Gasteiger partial charge in [0.1, 0.15) is 13.2 Å². The molecule has 166 valence electrons. The van der Waals surface area contributed by atoms with Crippen LogP contribution in [0.15, 0.2) is 85.4 Å². The molecule has 32 heavy (non-hydrogen) atoms. The molecule has 3 aromatic rings. The van der Waals surface area contributed by atoms with E-state index in [1.165, 1.54) is 11.1 Å². The van der Waals surface area contributed by atoms with Gasteiger partial charge >= 0.3 is 5.97 Å². The molecule has 0 saturated carbocycles. The largest absolute Gasteiger partial charge is 0.356 e. The number of aryl methyl sites for hydroxylation is 1. The highest BCUT2D eigenvalue weighted by atomic mass is 17.2. The third-order valence-electron chi connectivity index (χ3n) is 5.65. The second-order valence-corrected chi connectivity index (χ2v) is 8.13. The number of likely N-dealkylation sites (N-methyl/N-ethyl adjacent to an activating group) is 1. The molecule has 3 rings (SSSR count). The van der Waals surface area contributed by atoms with Gasteiger partial charge in [0.05, 0.1) is 0 Å². The van der Waals surface area contributed by atoms with Crippen molar-refractivity contribution in [3.05, 3.63) is 113 Å². The van der Waals surface area contributed by atoms with Gasteiger partial charge in [0.25, 0.3) is 0 Å².